The average Bonchev–Trinajstić information content (AvgIpc) is 2.67. The lowest BCUT2D eigenvalue weighted by atomic mass is 10.0. The molecule has 138 valence electrons. The molecule has 0 atom stereocenters. The Bertz CT molecular complexity index is 753. The first-order valence-corrected chi connectivity index (χ1v) is 8.88. The predicted molar refractivity (Wildman–Crippen MR) is 103 cm³/mol. The van der Waals surface area contributed by atoms with Gasteiger partial charge in [0.2, 0.25) is 0 Å². The number of carbonyl (C=O) groups is 1. The van der Waals surface area contributed by atoms with Crippen molar-refractivity contribution in [2.75, 3.05) is 38.6 Å². The first-order chi connectivity index (χ1) is 12.5. The molecule has 2 heterocycles. The van der Waals surface area contributed by atoms with Gasteiger partial charge in [0.15, 0.2) is 0 Å². The van der Waals surface area contributed by atoms with Crippen molar-refractivity contribution in [3.63, 3.8) is 0 Å². The lowest BCUT2D eigenvalue weighted by Gasteiger charge is -2.40. The zero-order valence-corrected chi connectivity index (χ0v) is 15.4. The van der Waals surface area contributed by atoms with Crippen LogP contribution in [0.15, 0.2) is 42.7 Å². The predicted octanol–water partition coefficient (Wildman–Crippen LogP) is 2.17. The van der Waals surface area contributed by atoms with Crippen LogP contribution >= 0.6 is 0 Å². The van der Waals surface area contributed by atoms with Gasteiger partial charge >= 0.3 is 0 Å². The molecule has 1 amide bonds. The van der Waals surface area contributed by atoms with Crippen molar-refractivity contribution in [2.45, 2.75) is 19.4 Å². The van der Waals surface area contributed by atoms with Crippen molar-refractivity contribution < 1.29 is 9.53 Å². The summed E-state index contributed by atoms with van der Waals surface area (Å²) in [6.07, 6.45) is 3.34. The Kier molecular flexibility index (Phi) is 5.54. The van der Waals surface area contributed by atoms with Crippen molar-refractivity contribution in [3.8, 4) is 11.1 Å². The summed E-state index contributed by atoms with van der Waals surface area (Å²) in [7, 11) is 0. The summed E-state index contributed by atoms with van der Waals surface area (Å²) in [4.78, 5) is 18.9. The summed E-state index contributed by atoms with van der Waals surface area (Å²) < 4.78 is 5.40. The second-order valence-electron chi connectivity index (χ2n) is 7.13. The van der Waals surface area contributed by atoms with Gasteiger partial charge in [0.25, 0.3) is 5.91 Å². The molecule has 6 nitrogen and oxygen atoms in total. The highest BCUT2D eigenvalue weighted by Crippen LogP contribution is 2.24. The number of nitrogen functional groups attached to an aromatic ring is 1. The highest BCUT2D eigenvalue weighted by Gasteiger charge is 2.28. The minimum atomic E-state index is -0.106. The van der Waals surface area contributed by atoms with E-state index in [4.69, 9.17) is 10.5 Å². The minimum absolute atomic E-state index is 0.0689. The highest BCUT2D eigenvalue weighted by molar-refractivity contribution is 5.95. The molecule has 2 aromatic rings. The SMILES string of the molecule is CC(C)(CNC(=O)c1ccc(-c2ccncc2N)cc1)N1CCOCC1. The molecule has 1 fully saturated rings. The average molecular weight is 354 g/mol. The van der Waals surface area contributed by atoms with Crippen LogP contribution in [-0.2, 0) is 4.74 Å². The molecule has 1 aliphatic heterocycles. The van der Waals surface area contributed by atoms with E-state index in [9.17, 15) is 4.79 Å². The molecule has 3 rings (SSSR count). The Morgan fingerprint density at radius 3 is 2.58 bits per heavy atom. The third-order valence-corrected chi connectivity index (χ3v) is 4.86. The number of benzene rings is 1. The van der Waals surface area contributed by atoms with E-state index in [1.807, 2.05) is 30.3 Å². The number of aromatic nitrogens is 1. The summed E-state index contributed by atoms with van der Waals surface area (Å²) >= 11 is 0. The quantitative estimate of drug-likeness (QED) is 0.860. The Morgan fingerprint density at radius 2 is 1.92 bits per heavy atom. The summed E-state index contributed by atoms with van der Waals surface area (Å²) in [6.45, 7) is 8.16. The van der Waals surface area contributed by atoms with Gasteiger partial charge in [0.1, 0.15) is 0 Å². The molecular weight excluding hydrogens is 328 g/mol. The summed E-state index contributed by atoms with van der Waals surface area (Å²) in [5.74, 6) is -0.0689. The number of hydrogen-bond donors (Lipinski definition) is 2. The number of carbonyl (C=O) groups excluding carboxylic acids is 1. The zero-order valence-electron chi connectivity index (χ0n) is 15.4. The maximum Gasteiger partial charge on any atom is 0.251 e. The van der Waals surface area contributed by atoms with Crippen molar-refractivity contribution in [2.24, 2.45) is 0 Å². The van der Waals surface area contributed by atoms with Crippen molar-refractivity contribution >= 4 is 11.6 Å². The number of nitrogens with one attached hydrogen (secondary N) is 1. The molecule has 0 aliphatic carbocycles. The number of amides is 1. The van der Waals surface area contributed by atoms with Crippen molar-refractivity contribution in [3.05, 3.63) is 48.3 Å². The fourth-order valence-electron chi connectivity index (χ4n) is 3.15. The van der Waals surface area contributed by atoms with Gasteiger partial charge in [-0.05, 0) is 37.6 Å². The van der Waals surface area contributed by atoms with E-state index >= 15 is 0 Å². The number of ether oxygens (including phenoxy) is 1. The molecule has 26 heavy (non-hydrogen) atoms. The van der Waals surface area contributed by atoms with E-state index in [1.165, 1.54) is 0 Å². The molecule has 1 saturated heterocycles. The number of anilines is 1. The first kappa shape index (κ1) is 18.4. The second-order valence-corrected chi connectivity index (χ2v) is 7.13. The van der Waals surface area contributed by atoms with Crippen LogP contribution in [0.1, 0.15) is 24.2 Å². The van der Waals surface area contributed by atoms with Gasteiger partial charge in [0, 0.05) is 42.5 Å². The molecule has 0 spiro atoms. The third-order valence-electron chi connectivity index (χ3n) is 4.86. The molecule has 0 radical (unpaired) electrons. The van der Waals surface area contributed by atoms with Crippen molar-refractivity contribution in [1.82, 2.24) is 15.2 Å². The molecule has 6 heteroatoms. The van der Waals surface area contributed by atoms with Crippen LogP contribution in [0.4, 0.5) is 5.69 Å². The number of pyridine rings is 1. The van der Waals surface area contributed by atoms with Crippen LogP contribution in [0.25, 0.3) is 11.1 Å². The van der Waals surface area contributed by atoms with E-state index in [0.717, 1.165) is 37.4 Å². The minimum Gasteiger partial charge on any atom is -0.397 e. The van der Waals surface area contributed by atoms with Crippen LogP contribution in [0, 0.1) is 0 Å². The Morgan fingerprint density at radius 1 is 1.23 bits per heavy atom. The maximum absolute atomic E-state index is 12.5. The van der Waals surface area contributed by atoms with Gasteiger partial charge in [-0.15, -0.1) is 0 Å². The van der Waals surface area contributed by atoms with Crippen LogP contribution < -0.4 is 11.1 Å². The Labute approximate surface area is 154 Å². The number of nitrogens with zero attached hydrogens (tertiary/aromatic N) is 2. The van der Waals surface area contributed by atoms with Crippen LogP contribution in [0.2, 0.25) is 0 Å². The van der Waals surface area contributed by atoms with Gasteiger partial charge in [-0.25, -0.2) is 0 Å². The molecule has 0 bridgehead atoms. The summed E-state index contributed by atoms with van der Waals surface area (Å²) in [5, 5.41) is 3.05. The highest BCUT2D eigenvalue weighted by atomic mass is 16.5. The monoisotopic (exact) mass is 354 g/mol. The molecule has 0 unspecified atom stereocenters. The maximum atomic E-state index is 12.5. The van der Waals surface area contributed by atoms with E-state index in [0.29, 0.717) is 17.8 Å². The van der Waals surface area contributed by atoms with Gasteiger partial charge in [-0.3, -0.25) is 14.7 Å². The zero-order chi connectivity index (χ0) is 18.6. The van der Waals surface area contributed by atoms with E-state index in [1.54, 1.807) is 12.4 Å². The second kappa shape index (κ2) is 7.85. The van der Waals surface area contributed by atoms with Gasteiger partial charge in [0.05, 0.1) is 25.1 Å². The smallest absolute Gasteiger partial charge is 0.251 e. The van der Waals surface area contributed by atoms with E-state index < -0.39 is 0 Å². The fourth-order valence-corrected chi connectivity index (χ4v) is 3.15. The first-order valence-electron chi connectivity index (χ1n) is 8.88. The largest absolute Gasteiger partial charge is 0.397 e. The lowest BCUT2D eigenvalue weighted by molar-refractivity contribution is -0.00923. The lowest BCUT2D eigenvalue weighted by Crippen LogP contribution is -2.55. The van der Waals surface area contributed by atoms with Crippen LogP contribution in [0.3, 0.4) is 0 Å². The number of rotatable bonds is 5. The normalized spacial score (nSPS) is 15.6. The van der Waals surface area contributed by atoms with Crippen LogP contribution in [0.5, 0.6) is 0 Å². The molecule has 3 N–H and O–H groups in total. The van der Waals surface area contributed by atoms with Gasteiger partial charge < -0.3 is 15.8 Å². The van der Waals surface area contributed by atoms with E-state index in [2.05, 4.69) is 29.0 Å². The number of hydrogen-bond acceptors (Lipinski definition) is 5. The Hall–Kier alpha value is -2.44. The molecule has 1 aromatic carbocycles. The van der Waals surface area contributed by atoms with Crippen LogP contribution in [-0.4, -0.2) is 54.2 Å². The number of morpholine rings is 1. The van der Waals surface area contributed by atoms with E-state index in [-0.39, 0.29) is 11.4 Å². The third kappa shape index (κ3) is 4.20. The molecular formula is C20H26N4O2. The molecule has 0 saturated carbocycles. The van der Waals surface area contributed by atoms with Gasteiger partial charge in [-0.1, -0.05) is 12.1 Å². The topological polar surface area (TPSA) is 80.5 Å². The molecule has 1 aromatic heterocycles. The standard InChI is InChI=1S/C20H26N4O2/c1-20(2,24-9-11-26-12-10-24)14-23-19(25)16-5-3-15(4-6-16)17-7-8-22-13-18(17)21/h3-8,13H,9-12,14,21H2,1-2H3,(H,23,25). The fraction of sp³-hybridized carbons (Fsp3) is 0.400. The summed E-state index contributed by atoms with van der Waals surface area (Å²) in [5.41, 5.74) is 9.00. The van der Waals surface area contributed by atoms with Crippen molar-refractivity contribution in [1.29, 1.82) is 0 Å². The Balaban J connectivity index is 1.62. The van der Waals surface area contributed by atoms with Gasteiger partial charge in [-0.2, -0.15) is 0 Å². The summed E-state index contributed by atoms with van der Waals surface area (Å²) in [6, 6.07) is 9.34. The molecule has 1 aliphatic rings. The number of nitrogens with two attached hydrogens (primary N) is 1.